The van der Waals surface area contributed by atoms with Crippen molar-refractivity contribution in [3.8, 4) is 0 Å². The summed E-state index contributed by atoms with van der Waals surface area (Å²) in [5.41, 5.74) is 0. The summed E-state index contributed by atoms with van der Waals surface area (Å²) in [6.07, 6.45) is 2.69. The molecule has 0 spiro atoms. The van der Waals surface area contributed by atoms with E-state index < -0.39 is 0 Å². The van der Waals surface area contributed by atoms with Gasteiger partial charge >= 0.3 is 0 Å². The molecule has 2 N–H and O–H groups in total. The molecule has 1 fully saturated rings. The van der Waals surface area contributed by atoms with Gasteiger partial charge in [-0.15, -0.1) is 0 Å². The first kappa shape index (κ1) is 14.1. The smallest absolute Gasteiger partial charge is 0.131 e. The summed E-state index contributed by atoms with van der Waals surface area (Å²) >= 11 is 0. The third kappa shape index (κ3) is 4.06. The van der Waals surface area contributed by atoms with Gasteiger partial charge in [0.15, 0.2) is 0 Å². The van der Waals surface area contributed by atoms with E-state index in [1.807, 2.05) is 13.0 Å². The van der Waals surface area contributed by atoms with Crippen LogP contribution in [0.3, 0.4) is 0 Å². The SMILES string of the molecule is CCNc1cc(NCC(C)N(C)C2CC2)nc(C)n1. The van der Waals surface area contributed by atoms with Gasteiger partial charge in [0.25, 0.3) is 0 Å². The normalized spacial score (nSPS) is 16.5. The molecule has 0 bridgehead atoms. The zero-order valence-corrected chi connectivity index (χ0v) is 12.4. The van der Waals surface area contributed by atoms with Crippen molar-refractivity contribution in [2.45, 2.75) is 45.7 Å². The van der Waals surface area contributed by atoms with Crippen molar-refractivity contribution < 1.29 is 0 Å². The third-order valence-corrected chi connectivity index (χ3v) is 3.59. The van der Waals surface area contributed by atoms with Crippen LogP contribution < -0.4 is 10.6 Å². The summed E-state index contributed by atoms with van der Waals surface area (Å²) < 4.78 is 0. The summed E-state index contributed by atoms with van der Waals surface area (Å²) in [5.74, 6) is 2.59. The van der Waals surface area contributed by atoms with Gasteiger partial charge in [-0.1, -0.05) is 0 Å². The number of rotatable bonds is 7. The molecule has 1 saturated carbocycles. The quantitative estimate of drug-likeness (QED) is 0.789. The lowest BCUT2D eigenvalue weighted by molar-refractivity contribution is 0.257. The Morgan fingerprint density at radius 2 is 1.95 bits per heavy atom. The van der Waals surface area contributed by atoms with E-state index in [0.29, 0.717) is 6.04 Å². The number of anilines is 2. The molecule has 106 valence electrons. The average molecular weight is 263 g/mol. The molecule has 0 amide bonds. The second-order valence-corrected chi connectivity index (χ2v) is 5.34. The van der Waals surface area contributed by atoms with E-state index in [9.17, 15) is 0 Å². The molecule has 0 aromatic carbocycles. The fraction of sp³-hybridized carbons (Fsp3) is 0.714. The first-order valence-electron chi connectivity index (χ1n) is 7.15. The third-order valence-electron chi connectivity index (χ3n) is 3.59. The monoisotopic (exact) mass is 263 g/mol. The van der Waals surface area contributed by atoms with E-state index in [0.717, 1.165) is 36.6 Å². The first-order valence-corrected chi connectivity index (χ1v) is 7.15. The Kier molecular flexibility index (Phi) is 4.58. The highest BCUT2D eigenvalue weighted by Gasteiger charge is 2.28. The number of nitrogens with zero attached hydrogens (tertiary/aromatic N) is 3. The summed E-state index contributed by atoms with van der Waals surface area (Å²) in [6.45, 7) is 8.03. The van der Waals surface area contributed by atoms with Crippen molar-refractivity contribution in [2.24, 2.45) is 0 Å². The maximum absolute atomic E-state index is 4.43. The summed E-state index contributed by atoms with van der Waals surface area (Å²) in [6, 6.07) is 3.28. The van der Waals surface area contributed by atoms with Crippen LogP contribution in [0.4, 0.5) is 11.6 Å². The number of hydrogen-bond donors (Lipinski definition) is 2. The minimum atomic E-state index is 0.519. The Morgan fingerprint density at radius 3 is 2.53 bits per heavy atom. The molecule has 0 aliphatic heterocycles. The van der Waals surface area contributed by atoms with Gasteiger partial charge in [-0.2, -0.15) is 0 Å². The molecular weight excluding hydrogens is 238 g/mol. The molecule has 1 unspecified atom stereocenters. The second kappa shape index (κ2) is 6.19. The molecule has 5 nitrogen and oxygen atoms in total. The van der Waals surface area contributed by atoms with Crippen LogP contribution in [-0.2, 0) is 0 Å². The number of hydrogen-bond acceptors (Lipinski definition) is 5. The molecule has 1 atom stereocenters. The Hall–Kier alpha value is -1.36. The molecule has 2 rings (SSSR count). The number of likely N-dealkylation sites (N-methyl/N-ethyl adjacent to an activating group) is 1. The van der Waals surface area contributed by atoms with Gasteiger partial charge in [-0.25, -0.2) is 9.97 Å². The van der Waals surface area contributed by atoms with E-state index in [2.05, 4.69) is 46.4 Å². The predicted octanol–water partition coefficient (Wildman–Crippen LogP) is 2.11. The van der Waals surface area contributed by atoms with Crippen LogP contribution in [0, 0.1) is 6.92 Å². The van der Waals surface area contributed by atoms with Gasteiger partial charge in [0.2, 0.25) is 0 Å². The molecule has 1 aliphatic rings. The second-order valence-electron chi connectivity index (χ2n) is 5.34. The molecule has 19 heavy (non-hydrogen) atoms. The molecule has 0 saturated heterocycles. The van der Waals surface area contributed by atoms with Crippen molar-refractivity contribution in [1.82, 2.24) is 14.9 Å². The number of aromatic nitrogens is 2. The predicted molar refractivity (Wildman–Crippen MR) is 79.7 cm³/mol. The lowest BCUT2D eigenvalue weighted by Crippen LogP contribution is -2.36. The lowest BCUT2D eigenvalue weighted by Gasteiger charge is -2.24. The fourth-order valence-corrected chi connectivity index (χ4v) is 2.17. The van der Waals surface area contributed by atoms with Crippen LogP contribution >= 0.6 is 0 Å². The van der Waals surface area contributed by atoms with Crippen LogP contribution in [0.1, 0.15) is 32.5 Å². The van der Waals surface area contributed by atoms with Crippen LogP contribution in [0.5, 0.6) is 0 Å². The van der Waals surface area contributed by atoms with Gasteiger partial charge in [-0.05, 0) is 40.7 Å². The molecule has 1 aromatic rings. The lowest BCUT2D eigenvalue weighted by atomic mass is 10.3. The topological polar surface area (TPSA) is 53.1 Å². The molecule has 1 heterocycles. The Bertz CT molecular complexity index is 416. The van der Waals surface area contributed by atoms with Crippen molar-refractivity contribution >= 4 is 11.6 Å². The average Bonchev–Trinajstić information content (AvgIpc) is 3.19. The molecular formula is C14H25N5. The molecule has 1 aliphatic carbocycles. The van der Waals surface area contributed by atoms with Crippen LogP contribution in [0.2, 0.25) is 0 Å². The van der Waals surface area contributed by atoms with Crippen molar-refractivity contribution in [3.63, 3.8) is 0 Å². The van der Waals surface area contributed by atoms with Gasteiger partial charge in [0.05, 0.1) is 0 Å². The Labute approximate surface area is 115 Å². The largest absolute Gasteiger partial charge is 0.370 e. The molecule has 0 radical (unpaired) electrons. The maximum atomic E-state index is 4.43. The number of nitrogens with one attached hydrogen (secondary N) is 2. The first-order chi connectivity index (χ1) is 9.10. The van der Waals surface area contributed by atoms with Crippen LogP contribution in [0.15, 0.2) is 6.07 Å². The number of aryl methyl sites for hydroxylation is 1. The van der Waals surface area contributed by atoms with E-state index in [4.69, 9.17) is 0 Å². The van der Waals surface area contributed by atoms with E-state index in [-0.39, 0.29) is 0 Å². The molecule has 1 aromatic heterocycles. The van der Waals surface area contributed by atoms with Crippen molar-refractivity contribution in [1.29, 1.82) is 0 Å². The van der Waals surface area contributed by atoms with Crippen molar-refractivity contribution in [3.05, 3.63) is 11.9 Å². The van der Waals surface area contributed by atoms with Crippen molar-refractivity contribution in [2.75, 3.05) is 30.8 Å². The van der Waals surface area contributed by atoms with E-state index >= 15 is 0 Å². The fourth-order valence-electron chi connectivity index (χ4n) is 2.17. The summed E-state index contributed by atoms with van der Waals surface area (Å²) in [5, 5.41) is 6.64. The highest BCUT2D eigenvalue weighted by atomic mass is 15.2. The highest BCUT2D eigenvalue weighted by molar-refractivity contribution is 5.47. The van der Waals surface area contributed by atoms with Crippen LogP contribution in [0.25, 0.3) is 0 Å². The highest BCUT2D eigenvalue weighted by Crippen LogP contribution is 2.26. The van der Waals surface area contributed by atoms with E-state index in [1.165, 1.54) is 12.8 Å². The summed E-state index contributed by atoms with van der Waals surface area (Å²) in [7, 11) is 2.21. The minimum absolute atomic E-state index is 0.519. The van der Waals surface area contributed by atoms with Crippen LogP contribution in [-0.4, -0.2) is 47.1 Å². The summed E-state index contributed by atoms with van der Waals surface area (Å²) in [4.78, 5) is 11.2. The maximum Gasteiger partial charge on any atom is 0.131 e. The minimum Gasteiger partial charge on any atom is -0.370 e. The zero-order valence-electron chi connectivity index (χ0n) is 12.4. The molecule has 5 heteroatoms. The van der Waals surface area contributed by atoms with Gasteiger partial charge < -0.3 is 10.6 Å². The zero-order chi connectivity index (χ0) is 13.8. The van der Waals surface area contributed by atoms with Gasteiger partial charge in [-0.3, -0.25) is 4.90 Å². The Balaban J connectivity index is 1.90. The van der Waals surface area contributed by atoms with Gasteiger partial charge in [0, 0.05) is 31.2 Å². The van der Waals surface area contributed by atoms with E-state index in [1.54, 1.807) is 0 Å². The van der Waals surface area contributed by atoms with Gasteiger partial charge in [0.1, 0.15) is 17.5 Å². The Morgan fingerprint density at radius 1 is 1.32 bits per heavy atom. The standard InChI is InChI=1S/C14H25N5/c1-5-15-13-8-14(18-11(3)17-13)16-9-10(2)19(4)12-6-7-12/h8,10,12H,5-7,9H2,1-4H3,(H2,15,16,17,18).